The molecule has 2 rings (SSSR count). The first-order valence-corrected chi connectivity index (χ1v) is 5.65. The summed E-state index contributed by atoms with van der Waals surface area (Å²) in [5, 5.41) is 9.02. The maximum absolute atomic E-state index is 11.8. The van der Waals surface area contributed by atoms with E-state index in [1.807, 2.05) is 0 Å². The Morgan fingerprint density at radius 3 is 2.69 bits per heavy atom. The third-order valence-corrected chi connectivity index (χ3v) is 3.39. The molecular weight excluding hydrogens is 210 g/mol. The minimum atomic E-state index is -0.955. The lowest BCUT2D eigenvalue weighted by molar-refractivity contribution is -0.150. The molecule has 2 heterocycles. The highest BCUT2D eigenvalue weighted by Gasteiger charge is 2.41. The molecular formula is C11H15NO4. The van der Waals surface area contributed by atoms with Gasteiger partial charge < -0.3 is 10.0 Å². The van der Waals surface area contributed by atoms with Gasteiger partial charge in [0.2, 0.25) is 5.91 Å². The monoisotopic (exact) mass is 225 g/mol. The van der Waals surface area contributed by atoms with Gasteiger partial charge >= 0.3 is 5.97 Å². The number of carboxylic acids is 1. The first-order chi connectivity index (χ1) is 7.59. The summed E-state index contributed by atoms with van der Waals surface area (Å²) in [4.78, 5) is 35.7. The van der Waals surface area contributed by atoms with Crippen LogP contribution in [0.15, 0.2) is 0 Å². The Morgan fingerprint density at radius 1 is 1.25 bits per heavy atom. The average Bonchev–Trinajstić information content (AvgIpc) is 2.59. The van der Waals surface area contributed by atoms with E-state index >= 15 is 0 Å². The molecule has 0 aromatic heterocycles. The molecule has 2 aliphatic rings. The maximum Gasteiger partial charge on any atom is 0.326 e. The second-order valence-corrected chi connectivity index (χ2v) is 4.48. The summed E-state index contributed by atoms with van der Waals surface area (Å²) in [6.07, 6.45) is 2.73. The lowest BCUT2D eigenvalue weighted by Gasteiger charge is -2.29. The van der Waals surface area contributed by atoms with Crippen LogP contribution in [0, 0.1) is 0 Å². The Hall–Kier alpha value is -1.39. The van der Waals surface area contributed by atoms with Gasteiger partial charge in [-0.1, -0.05) is 0 Å². The van der Waals surface area contributed by atoms with E-state index in [9.17, 15) is 14.4 Å². The Bertz CT molecular complexity index is 339. The second-order valence-electron chi connectivity index (χ2n) is 4.48. The molecule has 0 spiro atoms. The molecule has 0 aromatic carbocycles. The summed E-state index contributed by atoms with van der Waals surface area (Å²) in [7, 11) is 0. The fourth-order valence-electron chi connectivity index (χ4n) is 2.63. The fraction of sp³-hybridized carbons (Fsp3) is 0.727. The topological polar surface area (TPSA) is 74.7 Å². The number of rotatable bonds is 1. The molecule has 88 valence electrons. The normalized spacial score (nSPS) is 30.9. The van der Waals surface area contributed by atoms with E-state index in [1.165, 1.54) is 4.90 Å². The quantitative estimate of drug-likeness (QED) is 0.708. The predicted octanol–water partition coefficient (Wildman–Crippen LogP) is 0.574. The van der Waals surface area contributed by atoms with E-state index in [0.29, 0.717) is 38.5 Å². The van der Waals surface area contributed by atoms with Crippen molar-refractivity contribution >= 4 is 17.7 Å². The molecule has 2 fully saturated rings. The number of amides is 1. The van der Waals surface area contributed by atoms with Crippen LogP contribution in [0.5, 0.6) is 0 Å². The smallest absolute Gasteiger partial charge is 0.326 e. The van der Waals surface area contributed by atoms with E-state index in [4.69, 9.17) is 5.11 Å². The second kappa shape index (κ2) is 4.23. The van der Waals surface area contributed by atoms with Crippen LogP contribution in [0.4, 0.5) is 0 Å². The third-order valence-electron chi connectivity index (χ3n) is 3.39. The van der Waals surface area contributed by atoms with Gasteiger partial charge in [-0.05, 0) is 19.3 Å². The SMILES string of the molecule is O=C1CCCC(=O)N2C(CCC2C(=O)O)C1. The molecule has 2 saturated heterocycles. The first kappa shape index (κ1) is 11.1. The van der Waals surface area contributed by atoms with Gasteiger partial charge in [0.25, 0.3) is 0 Å². The van der Waals surface area contributed by atoms with Crippen molar-refractivity contribution in [1.29, 1.82) is 0 Å². The first-order valence-electron chi connectivity index (χ1n) is 5.65. The van der Waals surface area contributed by atoms with Crippen molar-refractivity contribution in [3.05, 3.63) is 0 Å². The lowest BCUT2D eigenvalue weighted by atomic mass is 10.0. The molecule has 2 unspecified atom stereocenters. The zero-order valence-electron chi connectivity index (χ0n) is 9.02. The van der Waals surface area contributed by atoms with Crippen LogP contribution >= 0.6 is 0 Å². The number of Topliss-reactive ketones (excluding diaryl/α,β-unsaturated/α-hetero) is 1. The fourth-order valence-corrected chi connectivity index (χ4v) is 2.63. The number of carbonyl (C=O) groups is 3. The molecule has 0 saturated carbocycles. The van der Waals surface area contributed by atoms with E-state index in [-0.39, 0.29) is 17.7 Å². The van der Waals surface area contributed by atoms with Crippen LogP contribution < -0.4 is 0 Å². The van der Waals surface area contributed by atoms with Crippen molar-refractivity contribution < 1.29 is 19.5 Å². The highest BCUT2D eigenvalue weighted by atomic mass is 16.4. The Morgan fingerprint density at radius 2 is 2.00 bits per heavy atom. The van der Waals surface area contributed by atoms with Crippen molar-refractivity contribution in [2.45, 2.75) is 50.6 Å². The van der Waals surface area contributed by atoms with E-state index in [0.717, 1.165) is 0 Å². The van der Waals surface area contributed by atoms with Gasteiger partial charge in [0.05, 0.1) is 0 Å². The largest absolute Gasteiger partial charge is 0.480 e. The summed E-state index contributed by atoms with van der Waals surface area (Å²) < 4.78 is 0. The van der Waals surface area contributed by atoms with Gasteiger partial charge in [-0.25, -0.2) is 4.79 Å². The standard InChI is InChI=1S/C11H15NO4/c13-8-2-1-3-10(14)12-7(6-8)4-5-9(12)11(15)16/h7,9H,1-6H2,(H,15,16). The molecule has 5 nitrogen and oxygen atoms in total. The minimum absolute atomic E-state index is 0.109. The molecule has 0 radical (unpaired) electrons. The minimum Gasteiger partial charge on any atom is -0.480 e. The molecule has 0 aromatic rings. The third kappa shape index (κ3) is 1.94. The van der Waals surface area contributed by atoms with Crippen LogP contribution in [0.1, 0.15) is 38.5 Å². The molecule has 1 amide bonds. The Balaban J connectivity index is 2.20. The number of nitrogens with zero attached hydrogens (tertiary/aromatic N) is 1. The van der Waals surface area contributed by atoms with Crippen molar-refractivity contribution in [1.82, 2.24) is 4.90 Å². The number of hydrogen-bond donors (Lipinski definition) is 1. The van der Waals surface area contributed by atoms with Crippen molar-refractivity contribution in [3.8, 4) is 0 Å². The number of hydrogen-bond acceptors (Lipinski definition) is 3. The van der Waals surface area contributed by atoms with Crippen LogP contribution in [0.2, 0.25) is 0 Å². The predicted molar refractivity (Wildman–Crippen MR) is 54.8 cm³/mol. The van der Waals surface area contributed by atoms with Crippen LogP contribution in [-0.4, -0.2) is 39.7 Å². The Labute approximate surface area is 93.4 Å². The lowest BCUT2D eigenvalue weighted by Crippen LogP contribution is -2.46. The zero-order valence-corrected chi connectivity index (χ0v) is 9.02. The van der Waals surface area contributed by atoms with Gasteiger partial charge in [0, 0.05) is 25.3 Å². The van der Waals surface area contributed by atoms with Gasteiger partial charge in [-0.3, -0.25) is 9.59 Å². The summed E-state index contributed by atoms with van der Waals surface area (Å²) >= 11 is 0. The summed E-state index contributed by atoms with van der Waals surface area (Å²) in [6, 6.07) is -0.898. The van der Waals surface area contributed by atoms with Crippen molar-refractivity contribution in [2.75, 3.05) is 0 Å². The molecule has 16 heavy (non-hydrogen) atoms. The molecule has 1 N–H and O–H groups in total. The van der Waals surface area contributed by atoms with Gasteiger partial charge in [-0.15, -0.1) is 0 Å². The van der Waals surface area contributed by atoms with Crippen molar-refractivity contribution in [3.63, 3.8) is 0 Å². The van der Waals surface area contributed by atoms with Crippen molar-refractivity contribution in [2.24, 2.45) is 0 Å². The van der Waals surface area contributed by atoms with Crippen LogP contribution in [0.25, 0.3) is 0 Å². The van der Waals surface area contributed by atoms with Gasteiger partial charge in [0.15, 0.2) is 0 Å². The molecule has 5 heteroatoms. The molecule has 2 atom stereocenters. The van der Waals surface area contributed by atoms with Crippen LogP contribution in [0.3, 0.4) is 0 Å². The number of carboxylic acid groups (broad SMARTS) is 1. The molecule has 2 aliphatic heterocycles. The van der Waals surface area contributed by atoms with Crippen LogP contribution in [-0.2, 0) is 14.4 Å². The molecule has 0 bridgehead atoms. The molecule has 0 aliphatic carbocycles. The highest BCUT2D eigenvalue weighted by molar-refractivity contribution is 5.87. The van der Waals surface area contributed by atoms with E-state index in [2.05, 4.69) is 0 Å². The number of ketones is 1. The maximum atomic E-state index is 11.8. The average molecular weight is 225 g/mol. The summed E-state index contributed by atoms with van der Waals surface area (Å²) in [6.45, 7) is 0. The number of fused-ring (bicyclic) bond motifs is 1. The summed E-state index contributed by atoms with van der Waals surface area (Å²) in [5.41, 5.74) is 0. The zero-order chi connectivity index (χ0) is 11.7. The highest BCUT2D eigenvalue weighted by Crippen LogP contribution is 2.30. The van der Waals surface area contributed by atoms with E-state index < -0.39 is 12.0 Å². The summed E-state index contributed by atoms with van der Waals surface area (Å²) in [5.74, 6) is -0.917. The van der Waals surface area contributed by atoms with E-state index in [1.54, 1.807) is 0 Å². The Kier molecular flexibility index (Phi) is 2.94. The number of carbonyl (C=O) groups excluding carboxylic acids is 2. The van der Waals surface area contributed by atoms with Gasteiger partial charge in [-0.2, -0.15) is 0 Å². The number of aliphatic carboxylic acids is 1. The van der Waals surface area contributed by atoms with Gasteiger partial charge in [0.1, 0.15) is 11.8 Å².